The first-order chi connectivity index (χ1) is 14.7. The van der Waals surface area contributed by atoms with Gasteiger partial charge in [-0.15, -0.1) is 0 Å². The van der Waals surface area contributed by atoms with Gasteiger partial charge < -0.3 is 20.0 Å². The highest BCUT2D eigenvalue weighted by Crippen LogP contribution is 2.22. The molecule has 4 rings (SSSR count). The number of fused-ring (bicyclic) bond motifs is 1. The molecule has 0 radical (unpaired) electrons. The van der Waals surface area contributed by atoms with Crippen molar-refractivity contribution in [3.8, 4) is 5.88 Å². The maximum Gasteiger partial charge on any atom is 0.323 e. The molecular weight excluding hydrogens is 380 g/mol. The molecule has 1 amide bonds. The predicted octanol–water partition coefficient (Wildman–Crippen LogP) is 3.79. The molecule has 0 atom stereocenters. The Labute approximate surface area is 173 Å². The van der Waals surface area contributed by atoms with Gasteiger partial charge in [-0.25, -0.2) is 9.78 Å². The molecule has 7 nitrogen and oxygen atoms in total. The number of aromatic amines is 2. The van der Waals surface area contributed by atoms with Crippen molar-refractivity contribution >= 4 is 22.6 Å². The lowest BCUT2D eigenvalue weighted by molar-refractivity contribution is -0.116. The van der Waals surface area contributed by atoms with Gasteiger partial charge in [0, 0.05) is 12.6 Å². The van der Waals surface area contributed by atoms with Crippen molar-refractivity contribution in [3.05, 3.63) is 88.5 Å². The summed E-state index contributed by atoms with van der Waals surface area (Å²) in [5.41, 5.74) is 3.99. The van der Waals surface area contributed by atoms with Gasteiger partial charge in [-0.2, -0.15) is 0 Å². The summed E-state index contributed by atoms with van der Waals surface area (Å²) in [5, 5.41) is 2.89. The number of hydrogen-bond donors (Lipinski definition) is 3. The van der Waals surface area contributed by atoms with Crippen LogP contribution in [0.1, 0.15) is 24.0 Å². The standard InChI is InChI=1S/C23H22N4O3/c28-21(10-4-8-16-11-12-18-20(14-16)27-23(29)26-18)25-19-9-5-13-24-22(19)30-15-17-6-2-1-3-7-17/h1-3,5-7,9,11-14H,4,8,10,15H2,(H,25,28)(H2,26,27,29). The zero-order valence-electron chi connectivity index (χ0n) is 16.4. The molecule has 0 aliphatic rings. The predicted molar refractivity (Wildman–Crippen MR) is 115 cm³/mol. The molecule has 7 heteroatoms. The molecule has 0 saturated heterocycles. The number of nitrogens with zero attached hydrogens (tertiary/aromatic N) is 1. The lowest BCUT2D eigenvalue weighted by Gasteiger charge is -2.11. The Morgan fingerprint density at radius 1 is 0.967 bits per heavy atom. The van der Waals surface area contributed by atoms with Gasteiger partial charge >= 0.3 is 5.69 Å². The Bertz CT molecular complexity index is 1200. The molecule has 0 bridgehead atoms. The molecular formula is C23H22N4O3. The maximum absolute atomic E-state index is 12.4. The topological polar surface area (TPSA) is 99.9 Å². The molecule has 0 spiro atoms. The molecule has 3 N–H and O–H groups in total. The number of benzene rings is 2. The van der Waals surface area contributed by atoms with Gasteiger partial charge in [-0.05, 0) is 48.2 Å². The summed E-state index contributed by atoms with van der Waals surface area (Å²) in [4.78, 5) is 33.5. The summed E-state index contributed by atoms with van der Waals surface area (Å²) in [6.45, 7) is 0.379. The third kappa shape index (κ3) is 4.94. The summed E-state index contributed by atoms with van der Waals surface area (Å²) in [5.74, 6) is 0.306. The van der Waals surface area contributed by atoms with Gasteiger partial charge in [0.05, 0.1) is 11.0 Å². The van der Waals surface area contributed by atoms with Crippen molar-refractivity contribution in [1.29, 1.82) is 0 Å². The number of rotatable bonds is 8. The number of anilines is 1. The number of nitrogens with one attached hydrogen (secondary N) is 3. The van der Waals surface area contributed by atoms with E-state index in [0.717, 1.165) is 28.6 Å². The van der Waals surface area contributed by atoms with Crippen LogP contribution >= 0.6 is 0 Å². The quantitative estimate of drug-likeness (QED) is 0.417. The molecule has 0 fully saturated rings. The van der Waals surface area contributed by atoms with Crippen molar-refractivity contribution in [2.45, 2.75) is 25.9 Å². The van der Waals surface area contributed by atoms with Crippen LogP contribution in [-0.4, -0.2) is 20.9 Å². The fourth-order valence-electron chi connectivity index (χ4n) is 3.23. The van der Waals surface area contributed by atoms with E-state index in [2.05, 4.69) is 20.3 Å². The van der Waals surface area contributed by atoms with Crippen LogP contribution in [0, 0.1) is 0 Å². The number of aryl methyl sites for hydroxylation is 1. The molecule has 0 unspecified atom stereocenters. The second-order valence-corrected chi connectivity index (χ2v) is 6.99. The average Bonchev–Trinajstić information content (AvgIpc) is 3.13. The van der Waals surface area contributed by atoms with Gasteiger partial charge in [-0.1, -0.05) is 36.4 Å². The summed E-state index contributed by atoms with van der Waals surface area (Å²) in [6.07, 6.45) is 3.43. The van der Waals surface area contributed by atoms with E-state index in [0.29, 0.717) is 31.0 Å². The average molecular weight is 402 g/mol. The van der Waals surface area contributed by atoms with E-state index in [9.17, 15) is 9.59 Å². The first kappa shape index (κ1) is 19.4. The lowest BCUT2D eigenvalue weighted by atomic mass is 10.1. The number of amides is 1. The molecule has 30 heavy (non-hydrogen) atoms. The monoisotopic (exact) mass is 402 g/mol. The third-order valence-electron chi connectivity index (χ3n) is 4.71. The molecule has 152 valence electrons. The van der Waals surface area contributed by atoms with Crippen LogP contribution in [0.25, 0.3) is 11.0 Å². The van der Waals surface area contributed by atoms with Crippen LogP contribution in [0.15, 0.2) is 71.7 Å². The number of imidazole rings is 1. The van der Waals surface area contributed by atoms with Crippen LogP contribution in [-0.2, 0) is 17.8 Å². The first-order valence-corrected chi connectivity index (χ1v) is 9.80. The van der Waals surface area contributed by atoms with E-state index >= 15 is 0 Å². The highest BCUT2D eigenvalue weighted by Gasteiger charge is 2.10. The lowest BCUT2D eigenvalue weighted by Crippen LogP contribution is -2.13. The Kier molecular flexibility index (Phi) is 5.89. The summed E-state index contributed by atoms with van der Waals surface area (Å²) in [7, 11) is 0. The zero-order valence-corrected chi connectivity index (χ0v) is 16.4. The number of pyridine rings is 1. The number of ether oxygens (including phenoxy) is 1. The van der Waals surface area contributed by atoms with E-state index in [4.69, 9.17) is 4.74 Å². The molecule has 4 aromatic rings. The number of H-pyrrole nitrogens is 2. The van der Waals surface area contributed by atoms with Gasteiger partial charge in [-0.3, -0.25) is 4.79 Å². The Morgan fingerprint density at radius 3 is 2.67 bits per heavy atom. The van der Waals surface area contributed by atoms with E-state index < -0.39 is 0 Å². The summed E-state index contributed by atoms with van der Waals surface area (Å²) < 4.78 is 5.78. The number of aromatic nitrogens is 3. The first-order valence-electron chi connectivity index (χ1n) is 9.80. The van der Waals surface area contributed by atoms with Crippen LogP contribution in [0.2, 0.25) is 0 Å². The fraction of sp³-hybridized carbons (Fsp3) is 0.174. The minimum Gasteiger partial charge on any atom is -0.471 e. The SMILES string of the molecule is O=C(CCCc1ccc2[nH]c(=O)[nH]c2c1)Nc1cccnc1OCc1ccccc1. The van der Waals surface area contributed by atoms with Gasteiger partial charge in [0.15, 0.2) is 0 Å². The van der Waals surface area contributed by atoms with Crippen LogP contribution in [0.5, 0.6) is 5.88 Å². The van der Waals surface area contributed by atoms with Gasteiger partial charge in [0.25, 0.3) is 0 Å². The summed E-state index contributed by atoms with van der Waals surface area (Å²) in [6, 6.07) is 19.1. The van der Waals surface area contributed by atoms with Crippen molar-refractivity contribution in [2.75, 3.05) is 5.32 Å². The molecule has 2 aromatic carbocycles. The molecule has 2 heterocycles. The van der Waals surface area contributed by atoms with Crippen LogP contribution in [0.3, 0.4) is 0 Å². The van der Waals surface area contributed by atoms with Crippen molar-refractivity contribution in [3.63, 3.8) is 0 Å². The minimum absolute atomic E-state index is 0.0938. The highest BCUT2D eigenvalue weighted by atomic mass is 16.5. The third-order valence-corrected chi connectivity index (χ3v) is 4.71. The van der Waals surface area contributed by atoms with Crippen molar-refractivity contribution < 1.29 is 9.53 Å². The van der Waals surface area contributed by atoms with E-state index in [1.54, 1.807) is 18.3 Å². The van der Waals surface area contributed by atoms with Crippen molar-refractivity contribution in [2.24, 2.45) is 0 Å². The largest absolute Gasteiger partial charge is 0.471 e. The number of carbonyl (C=O) groups is 1. The van der Waals surface area contributed by atoms with Gasteiger partial charge in [0.2, 0.25) is 11.8 Å². The second-order valence-electron chi connectivity index (χ2n) is 6.99. The van der Waals surface area contributed by atoms with Crippen LogP contribution in [0.4, 0.5) is 5.69 Å². The van der Waals surface area contributed by atoms with Crippen LogP contribution < -0.4 is 15.7 Å². The highest BCUT2D eigenvalue weighted by molar-refractivity contribution is 5.91. The van der Waals surface area contributed by atoms with E-state index in [1.165, 1.54) is 0 Å². The second kappa shape index (κ2) is 9.09. The maximum atomic E-state index is 12.4. The van der Waals surface area contributed by atoms with Crippen molar-refractivity contribution in [1.82, 2.24) is 15.0 Å². The Hall–Kier alpha value is -3.87. The van der Waals surface area contributed by atoms with E-state index in [1.807, 2.05) is 48.5 Å². The Morgan fingerprint density at radius 2 is 1.80 bits per heavy atom. The molecule has 0 aliphatic carbocycles. The summed E-state index contributed by atoms with van der Waals surface area (Å²) >= 11 is 0. The van der Waals surface area contributed by atoms with E-state index in [-0.39, 0.29) is 11.6 Å². The number of hydrogen-bond acceptors (Lipinski definition) is 4. The fourth-order valence-corrected chi connectivity index (χ4v) is 3.23. The normalized spacial score (nSPS) is 10.8. The smallest absolute Gasteiger partial charge is 0.323 e. The van der Waals surface area contributed by atoms with Gasteiger partial charge in [0.1, 0.15) is 12.3 Å². The minimum atomic E-state index is -0.219. The molecule has 0 saturated carbocycles. The number of carbonyl (C=O) groups excluding carboxylic acids is 1. The molecule has 2 aromatic heterocycles. The zero-order chi connectivity index (χ0) is 20.8. The Balaban J connectivity index is 1.30. The molecule has 0 aliphatic heterocycles.